The second kappa shape index (κ2) is 8.46. The van der Waals surface area contributed by atoms with E-state index in [0.29, 0.717) is 29.0 Å². The number of nitrogens with one attached hydrogen (secondary N) is 1. The zero-order valence-corrected chi connectivity index (χ0v) is 18.5. The number of pyridine rings is 1. The number of aromatic nitrogens is 3. The number of benzene rings is 2. The van der Waals surface area contributed by atoms with Gasteiger partial charge in [-0.05, 0) is 48.9 Å². The molecule has 0 radical (unpaired) electrons. The highest BCUT2D eigenvalue weighted by Crippen LogP contribution is 2.28. The normalized spacial score (nSPS) is 11.5. The van der Waals surface area contributed by atoms with Gasteiger partial charge in [-0.3, -0.25) is 9.40 Å². The zero-order chi connectivity index (χ0) is 22.9. The predicted octanol–water partition coefficient (Wildman–Crippen LogP) is 3.75. The number of hydrogen-bond acceptors (Lipinski definition) is 6. The number of ether oxygens (including phenoxy) is 2. The van der Waals surface area contributed by atoms with E-state index in [4.69, 9.17) is 9.47 Å². The molecule has 4 rings (SSSR count). The van der Waals surface area contributed by atoms with Gasteiger partial charge in [-0.2, -0.15) is 9.49 Å². The third-order valence-corrected chi connectivity index (χ3v) is 6.49. The van der Waals surface area contributed by atoms with Crippen LogP contribution < -0.4 is 14.2 Å². The van der Waals surface area contributed by atoms with E-state index in [1.54, 1.807) is 50.2 Å². The van der Waals surface area contributed by atoms with Crippen molar-refractivity contribution >= 4 is 26.7 Å². The van der Waals surface area contributed by atoms with Gasteiger partial charge in [-0.1, -0.05) is 6.07 Å². The first kappa shape index (κ1) is 21.6. The monoisotopic (exact) mass is 456 g/mol. The predicted molar refractivity (Wildman–Crippen MR) is 118 cm³/mol. The molecule has 10 heteroatoms. The van der Waals surface area contributed by atoms with E-state index in [9.17, 15) is 12.8 Å². The molecule has 2 heterocycles. The van der Waals surface area contributed by atoms with E-state index < -0.39 is 16.0 Å². The number of fused-ring (bicyclic) bond motifs is 1. The van der Waals surface area contributed by atoms with Gasteiger partial charge in [0.25, 0.3) is 10.0 Å². The molecule has 32 heavy (non-hydrogen) atoms. The van der Waals surface area contributed by atoms with Gasteiger partial charge < -0.3 is 9.47 Å². The highest BCUT2D eigenvalue weighted by atomic mass is 32.2. The third kappa shape index (κ3) is 4.22. The van der Waals surface area contributed by atoms with Crippen molar-refractivity contribution in [1.82, 2.24) is 14.8 Å². The van der Waals surface area contributed by atoms with Gasteiger partial charge in [0, 0.05) is 17.0 Å². The topological polar surface area (TPSA) is 95.3 Å². The van der Waals surface area contributed by atoms with E-state index in [-0.39, 0.29) is 10.7 Å². The lowest BCUT2D eigenvalue weighted by atomic mass is 10.1. The summed E-state index contributed by atoms with van der Waals surface area (Å²) in [6, 6.07) is 12.7. The van der Waals surface area contributed by atoms with Crippen molar-refractivity contribution in [3.8, 4) is 11.5 Å². The molecule has 0 aliphatic heterocycles. The molecule has 0 saturated carbocycles. The van der Waals surface area contributed by atoms with Crippen molar-refractivity contribution in [3.63, 3.8) is 0 Å². The van der Waals surface area contributed by atoms with E-state index in [0.717, 1.165) is 17.1 Å². The SMILES string of the molecule is COc1ccc(Cn2ncc3cc(S(=O)(=O)Nc4cccc(F)n4)c(C)cc32)c(OC)c1. The van der Waals surface area contributed by atoms with Crippen LogP contribution in [0.25, 0.3) is 10.9 Å². The van der Waals surface area contributed by atoms with Crippen LogP contribution in [0.5, 0.6) is 11.5 Å². The average Bonchev–Trinajstić information content (AvgIpc) is 3.14. The molecule has 4 aromatic rings. The Labute approximate surface area is 184 Å². The van der Waals surface area contributed by atoms with Crippen LogP contribution in [0, 0.1) is 12.9 Å². The Hall–Kier alpha value is -3.66. The van der Waals surface area contributed by atoms with E-state index in [1.807, 2.05) is 12.1 Å². The van der Waals surface area contributed by atoms with Crippen LogP contribution in [0.4, 0.5) is 10.2 Å². The Bertz CT molecular complexity index is 1400. The van der Waals surface area contributed by atoms with E-state index in [1.165, 1.54) is 12.1 Å². The van der Waals surface area contributed by atoms with Crippen LogP contribution in [-0.4, -0.2) is 37.4 Å². The minimum absolute atomic E-state index is 0.0673. The average molecular weight is 456 g/mol. The largest absolute Gasteiger partial charge is 0.497 e. The Morgan fingerprint density at radius 1 is 1.09 bits per heavy atom. The Morgan fingerprint density at radius 2 is 1.91 bits per heavy atom. The van der Waals surface area contributed by atoms with Crippen LogP contribution >= 0.6 is 0 Å². The number of anilines is 1. The van der Waals surface area contributed by atoms with Crippen molar-refractivity contribution in [3.05, 3.63) is 71.8 Å². The maximum Gasteiger partial charge on any atom is 0.263 e. The van der Waals surface area contributed by atoms with Crippen LogP contribution in [0.3, 0.4) is 0 Å². The van der Waals surface area contributed by atoms with Crippen LogP contribution in [0.2, 0.25) is 0 Å². The molecule has 0 spiro atoms. The molecule has 0 aliphatic carbocycles. The van der Waals surface area contributed by atoms with Crippen molar-refractivity contribution < 1.29 is 22.3 Å². The molecular formula is C22H21FN4O4S. The zero-order valence-electron chi connectivity index (χ0n) is 17.7. The van der Waals surface area contributed by atoms with Crippen molar-refractivity contribution in [2.75, 3.05) is 18.9 Å². The summed E-state index contributed by atoms with van der Waals surface area (Å²) >= 11 is 0. The number of halogens is 1. The number of sulfonamides is 1. The fourth-order valence-electron chi connectivity index (χ4n) is 3.43. The summed E-state index contributed by atoms with van der Waals surface area (Å²) in [6.07, 6.45) is 1.60. The fourth-order valence-corrected chi connectivity index (χ4v) is 4.69. The smallest absolute Gasteiger partial charge is 0.263 e. The molecule has 0 saturated heterocycles. The van der Waals surface area contributed by atoms with Gasteiger partial charge >= 0.3 is 0 Å². The van der Waals surface area contributed by atoms with Crippen LogP contribution in [-0.2, 0) is 16.6 Å². The minimum atomic E-state index is -3.97. The van der Waals surface area contributed by atoms with E-state index >= 15 is 0 Å². The van der Waals surface area contributed by atoms with Gasteiger partial charge in [0.05, 0.1) is 37.4 Å². The summed E-state index contributed by atoms with van der Waals surface area (Å²) in [5.74, 6) is 0.483. The Kier molecular flexibility index (Phi) is 5.70. The summed E-state index contributed by atoms with van der Waals surface area (Å²) in [7, 11) is -0.799. The first-order valence-electron chi connectivity index (χ1n) is 9.63. The third-order valence-electron chi connectivity index (χ3n) is 5.00. The number of methoxy groups -OCH3 is 2. The second-order valence-electron chi connectivity index (χ2n) is 7.11. The fraction of sp³-hybridized carbons (Fsp3) is 0.182. The van der Waals surface area contributed by atoms with Gasteiger partial charge in [-0.15, -0.1) is 0 Å². The highest BCUT2D eigenvalue weighted by Gasteiger charge is 2.20. The molecule has 166 valence electrons. The van der Waals surface area contributed by atoms with Crippen molar-refractivity contribution in [2.45, 2.75) is 18.4 Å². The molecule has 0 atom stereocenters. The van der Waals surface area contributed by atoms with Crippen molar-refractivity contribution in [2.24, 2.45) is 0 Å². The van der Waals surface area contributed by atoms with Crippen molar-refractivity contribution in [1.29, 1.82) is 0 Å². The van der Waals surface area contributed by atoms with Crippen LogP contribution in [0.1, 0.15) is 11.1 Å². The number of hydrogen-bond donors (Lipinski definition) is 1. The highest BCUT2D eigenvalue weighted by molar-refractivity contribution is 7.92. The summed E-state index contributed by atoms with van der Waals surface area (Å²) in [4.78, 5) is 3.63. The molecular weight excluding hydrogens is 435 g/mol. The van der Waals surface area contributed by atoms with Gasteiger partial charge in [0.1, 0.15) is 17.3 Å². The van der Waals surface area contributed by atoms with Gasteiger partial charge in [0.15, 0.2) is 0 Å². The number of nitrogens with zero attached hydrogens (tertiary/aromatic N) is 3. The lowest BCUT2D eigenvalue weighted by Crippen LogP contribution is -2.15. The molecule has 0 unspecified atom stereocenters. The number of rotatable bonds is 7. The Morgan fingerprint density at radius 3 is 2.62 bits per heavy atom. The van der Waals surface area contributed by atoms with Gasteiger partial charge in [0.2, 0.25) is 5.95 Å². The molecule has 0 amide bonds. The summed E-state index contributed by atoms with van der Waals surface area (Å²) < 4.78 is 53.9. The lowest BCUT2D eigenvalue weighted by Gasteiger charge is -2.12. The first-order valence-corrected chi connectivity index (χ1v) is 11.1. The lowest BCUT2D eigenvalue weighted by molar-refractivity contribution is 0.390. The van der Waals surface area contributed by atoms with Crippen LogP contribution in [0.15, 0.2) is 59.6 Å². The maximum atomic E-state index is 13.3. The Balaban J connectivity index is 1.68. The molecule has 0 aliphatic rings. The first-order chi connectivity index (χ1) is 15.3. The summed E-state index contributed by atoms with van der Waals surface area (Å²) in [5.41, 5.74) is 2.18. The quantitative estimate of drug-likeness (QED) is 0.426. The molecule has 2 aromatic carbocycles. The second-order valence-corrected chi connectivity index (χ2v) is 8.76. The van der Waals surface area contributed by atoms with E-state index in [2.05, 4.69) is 14.8 Å². The minimum Gasteiger partial charge on any atom is -0.497 e. The molecule has 1 N–H and O–H groups in total. The summed E-state index contributed by atoms with van der Waals surface area (Å²) in [6.45, 7) is 2.12. The summed E-state index contributed by atoms with van der Waals surface area (Å²) in [5, 5.41) is 5.07. The molecule has 2 aromatic heterocycles. The standard InChI is InChI=1S/C22H21FN4O4S/c1-14-9-18-16(10-20(14)32(28,29)26-22-6-4-5-21(23)25-22)12-24-27(18)13-15-7-8-17(30-2)11-19(15)31-3/h4-12H,13H2,1-3H3,(H,25,26). The molecule has 0 bridgehead atoms. The maximum absolute atomic E-state index is 13.3. The molecule has 0 fully saturated rings. The van der Waals surface area contributed by atoms with Gasteiger partial charge in [-0.25, -0.2) is 13.4 Å². The molecule has 8 nitrogen and oxygen atoms in total. The number of aryl methyl sites for hydroxylation is 1.